The Bertz CT molecular complexity index is 3620. The Hall–Kier alpha value is -9.14. The van der Waals surface area contributed by atoms with Crippen LogP contribution in [0.1, 0.15) is 52.7 Å². The number of benzene rings is 9. The van der Waals surface area contributed by atoms with E-state index in [0.29, 0.717) is 11.8 Å². The highest BCUT2D eigenvalue weighted by Crippen LogP contribution is 2.42. The van der Waals surface area contributed by atoms with Crippen molar-refractivity contribution in [3.8, 4) is 45.4 Å². The highest BCUT2D eigenvalue weighted by molar-refractivity contribution is 5.90. The van der Waals surface area contributed by atoms with Crippen molar-refractivity contribution in [3.05, 3.63) is 230 Å². The molecular weight excluding hydrogens is 909 g/mol. The maximum Gasteiger partial charge on any atom is 0.227 e. The highest BCUT2D eigenvalue weighted by Gasteiger charge is 2.28. The van der Waals surface area contributed by atoms with Crippen LogP contribution in [0.25, 0.3) is 78.7 Å². The summed E-state index contributed by atoms with van der Waals surface area (Å²) in [6, 6.07) is 75.2. The molecule has 12 aromatic rings. The molecule has 0 unspecified atom stereocenters. The van der Waals surface area contributed by atoms with Crippen LogP contribution in [0.15, 0.2) is 227 Å². The zero-order chi connectivity index (χ0) is 50.6. The molecule has 74 heavy (non-hydrogen) atoms. The molecule has 0 fully saturated rings. The zero-order valence-electron chi connectivity index (χ0n) is 42.3. The Kier molecular flexibility index (Phi) is 11.5. The molecule has 0 radical (unpaired) electrons. The van der Waals surface area contributed by atoms with E-state index >= 15 is 0 Å². The van der Waals surface area contributed by atoms with Gasteiger partial charge in [0.1, 0.15) is 11.0 Å². The molecule has 0 aliphatic rings. The molecule has 8 heteroatoms. The number of fused-ring (bicyclic) bond motifs is 3. The van der Waals surface area contributed by atoms with Gasteiger partial charge in [0.15, 0.2) is 11.2 Å². The van der Waals surface area contributed by atoms with Gasteiger partial charge >= 0.3 is 0 Å². The summed E-state index contributed by atoms with van der Waals surface area (Å²) >= 11 is 0. The van der Waals surface area contributed by atoms with Crippen LogP contribution in [0, 0.1) is 0 Å². The van der Waals surface area contributed by atoms with Gasteiger partial charge in [-0.1, -0.05) is 126 Å². The van der Waals surface area contributed by atoms with Crippen LogP contribution in [-0.4, -0.2) is 19.9 Å². The molecular formula is C66H54N6O2. The monoisotopic (exact) mass is 962 g/mol. The average Bonchev–Trinajstić information content (AvgIpc) is 4.07. The first-order valence-corrected chi connectivity index (χ1v) is 25.1. The molecule has 0 saturated carbocycles. The van der Waals surface area contributed by atoms with Crippen LogP contribution in [0.2, 0.25) is 0 Å². The molecule has 0 N–H and O–H groups in total. The number of nitrogens with zero attached hydrogens (tertiary/aromatic N) is 6. The number of oxazole rings is 2. The number of anilines is 6. The summed E-state index contributed by atoms with van der Waals surface area (Å²) in [6.07, 6.45) is 0. The van der Waals surface area contributed by atoms with Crippen LogP contribution in [0.4, 0.5) is 34.1 Å². The first-order chi connectivity index (χ1) is 35.9. The molecule has 0 saturated heterocycles. The predicted octanol–water partition coefficient (Wildman–Crippen LogP) is 18.1. The summed E-state index contributed by atoms with van der Waals surface area (Å²) in [7, 11) is 0. The van der Waals surface area contributed by atoms with Crippen LogP contribution < -0.4 is 9.80 Å². The number of para-hydroxylation sites is 6. The van der Waals surface area contributed by atoms with E-state index in [0.717, 1.165) is 101 Å². The summed E-state index contributed by atoms with van der Waals surface area (Å²) in [5.74, 6) is 1.19. The summed E-state index contributed by atoms with van der Waals surface area (Å²) in [4.78, 5) is 25.1. The number of rotatable bonds is 10. The van der Waals surface area contributed by atoms with Gasteiger partial charge in [-0.3, -0.25) is 0 Å². The van der Waals surface area contributed by atoms with Crippen molar-refractivity contribution in [2.45, 2.75) is 52.4 Å². The molecule has 9 aromatic carbocycles. The molecule has 8 nitrogen and oxygen atoms in total. The minimum absolute atomic E-state index is 0.105. The van der Waals surface area contributed by atoms with Crippen LogP contribution in [-0.2, 0) is 10.8 Å². The largest absolute Gasteiger partial charge is 0.436 e. The van der Waals surface area contributed by atoms with E-state index in [1.165, 1.54) is 11.1 Å². The van der Waals surface area contributed by atoms with Gasteiger partial charge < -0.3 is 18.6 Å². The van der Waals surface area contributed by atoms with E-state index in [-0.39, 0.29) is 10.8 Å². The van der Waals surface area contributed by atoms with Crippen LogP contribution in [0.3, 0.4) is 0 Å². The van der Waals surface area contributed by atoms with E-state index in [1.807, 2.05) is 60.7 Å². The second-order valence-corrected chi connectivity index (χ2v) is 20.8. The smallest absolute Gasteiger partial charge is 0.227 e. The Morgan fingerprint density at radius 3 is 0.919 bits per heavy atom. The van der Waals surface area contributed by atoms with E-state index in [4.69, 9.17) is 28.8 Å². The molecule has 0 aliphatic heterocycles. The minimum atomic E-state index is -0.105. The topological polar surface area (TPSA) is 84.3 Å². The standard InChI is InChI=1S/C66H54N6O2/c1-65(2,3)53-41-57-58(42-54(53)66(4,5)6)68-62(44-27-35-50(36-28-44)72(48-19-11-8-12-20-48)52-39-31-46(32-40-52)64-70-56-22-14-16-24-60(56)74-64)61(67-57)43-25-33-49(34-26-43)71(47-17-9-7-10-18-47)51-37-29-45(30-38-51)63-69-55-21-13-15-23-59(55)73-63/h7-42H,1-6H3. The average molecular weight is 963 g/mol. The maximum atomic E-state index is 6.13. The third-order valence-corrected chi connectivity index (χ3v) is 13.6. The first kappa shape index (κ1) is 46.0. The Morgan fingerprint density at radius 1 is 0.297 bits per heavy atom. The summed E-state index contributed by atoms with van der Waals surface area (Å²) in [5, 5.41) is 0. The lowest BCUT2D eigenvalue weighted by atomic mass is 9.75. The van der Waals surface area contributed by atoms with Crippen molar-refractivity contribution in [3.63, 3.8) is 0 Å². The fraction of sp³-hybridized carbons (Fsp3) is 0.121. The van der Waals surface area contributed by atoms with E-state index in [2.05, 4.69) is 209 Å². The lowest BCUT2D eigenvalue weighted by Crippen LogP contribution is -2.22. The number of aromatic nitrogens is 4. The zero-order valence-corrected chi connectivity index (χ0v) is 42.3. The maximum absolute atomic E-state index is 6.13. The van der Waals surface area contributed by atoms with Gasteiger partial charge in [0.05, 0.1) is 22.4 Å². The van der Waals surface area contributed by atoms with Gasteiger partial charge in [0, 0.05) is 56.4 Å². The fourth-order valence-electron chi connectivity index (χ4n) is 9.83. The molecule has 0 amide bonds. The first-order valence-electron chi connectivity index (χ1n) is 25.1. The third kappa shape index (κ3) is 8.85. The van der Waals surface area contributed by atoms with Crippen molar-refractivity contribution < 1.29 is 8.83 Å². The van der Waals surface area contributed by atoms with Crippen molar-refractivity contribution in [1.29, 1.82) is 0 Å². The lowest BCUT2D eigenvalue weighted by molar-refractivity contribution is 0.531. The van der Waals surface area contributed by atoms with Crippen molar-refractivity contribution in [1.82, 2.24) is 19.9 Å². The number of hydrogen-bond acceptors (Lipinski definition) is 8. The molecule has 360 valence electrons. The van der Waals surface area contributed by atoms with Gasteiger partial charge in [-0.05, 0) is 155 Å². The molecule has 0 atom stereocenters. The molecule has 0 bridgehead atoms. The summed E-state index contributed by atoms with van der Waals surface area (Å²) in [5.41, 5.74) is 18.7. The Labute approximate surface area is 431 Å². The third-order valence-electron chi connectivity index (χ3n) is 13.6. The second-order valence-electron chi connectivity index (χ2n) is 20.8. The highest BCUT2D eigenvalue weighted by atomic mass is 16.4. The Balaban J connectivity index is 0.940. The minimum Gasteiger partial charge on any atom is -0.436 e. The van der Waals surface area contributed by atoms with E-state index < -0.39 is 0 Å². The molecule has 3 heterocycles. The molecule has 0 aliphatic carbocycles. The summed E-state index contributed by atoms with van der Waals surface area (Å²) < 4.78 is 12.3. The predicted molar refractivity (Wildman–Crippen MR) is 303 cm³/mol. The molecule has 12 rings (SSSR count). The number of hydrogen-bond donors (Lipinski definition) is 0. The normalized spacial score (nSPS) is 11.9. The van der Waals surface area contributed by atoms with Gasteiger partial charge in [-0.25, -0.2) is 19.9 Å². The molecule has 3 aromatic heterocycles. The van der Waals surface area contributed by atoms with E-state index in [1.54, 1.807) is 0 Å². The van der Waals surface area contributed by atoms with Gasteiger partial charge in [0.2, 0.25) is 11.8 Å². The Morgan fingerprint density at radius 2 is 0.595 bits per heavy atom. The molecule has 0 spiro atoms. The van der Waals surface area contributed by atoms with E-state index in [9.17, 15) is 0 Å². The van der Waals surface area contributed by atoms with Crippen molar-refractivity contribution in [2.24, 2.45) is 0 Å². The van der Waals surface area contributed by atoms with Crippen molar-refractivity contribution in [2.75, 3.05) is 9.80 Å². The van der Waals surface area contributed by atoms with Gasteiger partial charge in [0.25, 0.3) is 0 Å². The second kappa shape index (κ2) is 18.5. The van der Waals surface area contributed by atoms with Gasteiger partial charge in [-0.15, -0.1) is 0 Å². The summed E-state index contributed by atoms with van der Waals surface area (Å²) in [6.45, 7) is 13.7. The van der Waals surface area contributed by atoms with Crippen LogP contribution >= 0.6 is 0 Å². The fourth-order valence-corrected chi connectivity index (χ4v) is 9.83. The quantitative estimate of drug-likeness (QED) is 0.134. The SMILES string of the molecule is CC(C)(C)c1cc2nc(-c3ccc(N(c4ccccc4)c4ccc(-c5nc6ccccc6o5)cc4)cc3)c(-c3ccc(N(c4ccccc4)c4ccc(-c5nc6ccccc6o5)cc4)cc3)nc2cc1C(C)(C)C. The van der Waals surface area contributed by atoms with Crippen molar-refractivity contribution >= 4 is 67.4 Å². The lowest BCUT2D eigenvalue weighted by Gasteiger charge is -2.30. The van der Waals surface area contributed by atoms with Gasteiger partial charge in [-0.2, -0.15) is 0 Å². The van der Waals surface area contributed by atoms with Crippen LogP contribution in [0.5, 0.6) is 0 Å².